The molecule has 3 atom stereocenters. The Labute approximate surface area is 84.0 Å². The Morgan fingerprint density at radius 1 is 1.64 bits per heavy atom. The number of aliphatic hydroxyl groups excluding tert-OH is 1. The van der Waals surface area contributed by atoms with Crippen LogP contribution in [0.25, 0.3) is 0 Å². The molecule has 5 nitrogen and oxygen atoms in total. The highest BCUT2D eigenvalue weighted by molar-refractivity contribution is 5.72. The Kier molecular flexibility index (Phi) is 3.71. The maximum atomic E-state index is 11.0. The first-order valence-corrected chi connectivity index (χ1v) is 5.02. The van der Waals surface area contributed by atoms with Crippen molar-refractivity contribution in [3.63, 3.8) is 0 Å². The molecule has 0 aromatic carbocycles. The van der Waals surface area contributed by atoms with Crippen LogP contribution in [0.3, 0.4) is 0 Å². The third-order valence-electron chi connectivity index (χ3n) is 2.79. The van der Waals surface area contributed by atoms with Gasteiger partial charge >= 0.3 is 6.03 Å². The summed E-state index contributed by atoms with van der Waals surface area (Å²) < 4.78 is 0. The Hall–Kier alpha value is -0.810. The summed E-state index contributed by atoms with van der Waals surface area (Å²) in [6.07, 6.45) is 1.06. The zero-order valence-corrected chi connectivity index (χ0v) is 8.52. The van der Waals surface area contributed by atoms with Gasteiger partial charge in [-0.05, 0) is 12.8 Å². The number of likely N-dealkylation sites (tertiary alicyclic amines) is 1. The second-order valence-electron chi connectivity index (χ2n) is 3.97. The number of piperidine rings is 1. The van der Waals surface area contributed by atoms with Gasteiger partial charge in [-0.25, -0.2) is 4.79 Å². The molecule has 0 aliphatic carbocycles. The molecule has 0 aromatic rings. The minimum Gasteiger partial charge on any atom is -0.393 e. The highest BCUT2D eigenvalue weighted by atomic mass is 16.3. The molecule has 0 bridgehead atoms. The van der Waals surface area contributed by atoms with E-state index in [2.05, 4.69) is 0 Å². The lowest BCUT2D eigenvalue weighted by atomic mass is 9.89. The molecule has 1 rings (SSSR count). The van der Waals surface area contributed by atoms with E-state index in [0.717, 1.165) is 6.42 Å². The molecular weight excluding hydrogens is 182 g/mol. The van der Waals surface area contributed by atoms with E-state index in [4.69, 9.17) is 11.5 Å². The number of hydrogen-bond donors (Lipinski definition) is 3. The van der Waals surface area contributed by atoms with E-state index in [9.17, 15) is 9.90 Å². The molecule has 5 heteroatoms. The number of amides is 2. The van der Waals surface area contributed by atoms with E-state index in [1.165, 1.54) is 4.90 Å². The third-order valence-corrected chi connectivity index (χ3v) is 2.79. The smallest absolute Gasteiger partial charge is 0.314 e. The molecule has 1 fully saturated rings. The zero-order chi connectivity index (χ0) is 10.7. The number of carbonyl (C=O) groups excluding carboxylic acids is 1. The Morgan fingerprint density at radius 2 is 2.29 bits per heavy atom. The van der Waals surface area contributed by atoms with E-state index in [1.54, 1.807) is 0 Å². The summed E-state index contributed by atoms with van der Waals surface area (Å²) in [5.41, 5.74) is 11.0. The predicted octanol–water partition coefficient (Wildman–Crippen LogP) is -0.515. The largest absolute Gasteiger partial charge is 0.393 e. The summed E-state index contributed by atoms with van der Waals surface area (Å²) >= 11 is 0. The predicted molar refractivity (Wildman–Crippen MR) is 53.5 cm³/mol. The van der Waals surface area contributed by atoms with Crippen molar-refractivity contribution < 1.29 is 9.90 Å². The first-order valence-electron chi connectivity index (χ1n) is 5.02. The molecule has 3 unspecified atom stereocenters. The van der Waals surface area contributed by atoms with Gasteiger partial charge in [-0.3, -0.25) is 0 Å². The van der Waals surface area contributed by atoms with E-state index >= 15 is 0 Å². The molecular formula is C9H19N3O2. The van der Waals surface area contributed by atoms with Crippen molar-refractivity contribution in [2.45, 2.75) is 31.9 Å². The van der Waals surface area contributed by atoms with Gasteiger partial charge < -0.3 is 21.5 Å². The van der Waals surface area contributed by atoms with Crippen LogP contribution in [0.1, 0.15) is 19.8 Å². The lowest BCUT2D eigenvalue weighted by Gasteiger charge is -2.37. The highest BCUT2D eigenvalue weighted by Gasteiger charge is 2.30. The molecule has 0 aromatic heterocycles. The van der Waals surface area contributed by atoms with Gasteiger partial charge in [0.1, 0.15) is 0 Å². The van der Waals surface area contributed by atoms with Crippen molar-refractivity contribution >= 4 is 6.03 Å². The van der Waals surface area contributed by atoms with E-state index in [0.29, 0.717) is 19.5 Å². The molecule has 82 valence electrons. The van der Waals surface area contributed by atoms with Crippen LogP contribution in [0.4, 0.5) is 4.79 Å². The fourth-order valence-corrected chi connectivity index (χ4v) is 1.97. The van der Waals surface area contributed by atoms with Gasteiger partial charge in [0.25, 0.3) is 0 Å². The molecule has 0 spiro atoms. The number of aliphatic hydroxyl groups is 1. The molecule has 1 aliphatic heterocycles. The summed E-state index contributed by atoms with van der Waals surface area (Å²) in [4.78, 5) is 12.5. The van der Waals surface area contributed by atoms with Gasteiger partial charge in [0.05, 0.1) is 6.10 Å². The van der Waals surface area contributed by atoms with Crippen molar-refractivity contribution in [3.05, 3.63) is 0 Å². The van der Waals surface area contributed by atoms with Crippen molar-refractivity contribution in [1.82, 2.24) is 4.90 Å². The maximum absolute atomic E-state index is 11.0. The Morgan fingerprint density at radius 3 is 2.79 bits per heavy atom. The lowest BCUT2D eigenvalue weighted by Crippen LogP contribution is -2.53. The zero-order valence-electron chi connectivity index (χ0n) is 8.52. The summed E-state index contributed by atoms with van der Waals surface area (Å²) in [5, 5.41) is 9.67. The van der Waals surface area contributed by atoms with Crippen LogP contribution in [-0.2, 0) is 0 Å². The quantitative estimate of drug-likeness (QED) is 0.561. The first kappa shape index (κ1) is 11.3. The van der Waals surface area contributed by atoms with Gasteiger partial charge in [0.2, 0.25) is 0 Å². The SMILES string of the molecule is CCC(O)C1CC(N)CN(C(N)=O)C1. The van der Waals surface area contributed by atoms with Crippen molar-refractivity contribution in [3.8, 4) is 0 Å². The molecule has 2 amide bonds. The number of rotatable bonds is 2. The molecule has 1 aliphatic rings. The molecule has 0 saturated carbocycles. The number of urea groups is 1. The molecule has 5 N–H and O–H groups in total. The standard InChI is InChI=1S/C9H19N3O2/c1-2-8(13)6-3-7(10)5-12(4-6)9(11)14/h6-8,13H,2-5,10H2,1H3,(H2,11,14). The van der Waals surface area contributed by atoms with Gasteiger partial charge in [0.15, 0.2) is 0 Å². The summed E-state index contributed by atoms with van der Waals surface area (Å²) in [7, 11) is 0. The fourth-order valence-electron chi connectivity index (χ4n) is 1.97. The topological polar surface area (TPSA) is 92.6 Å². The number of nitrogens with zero attached hydrogens (tertiary/aromatic N) is 1. The van der Waals surface area contributed by atoms with Crippen LogP contribution in [0.5, 0.6) is 0 Å². The van der Waals surface area contributed by atoms with Crippen LogP contribution >= 0.6 is 0 Å². The second-order valence-corrected chi connectivity index (χ2v) is 3.97. The molecule has 0 radical (unpaired) electrons. The summed E-state index contributed by atoms with van der Waals surface area (Å²) in [5.74, 6) is 0.0660. The van der Waals surface area contributed by atoms with E-state index in [-0.39, 0.29) is 18.1 Å². The van der Waals surface area contributed by atoms with Crippen molar-refractivity contribution in [2.75, 3.05) is 13.1 Å². The van der Waals surface area contributed by atoms with Crippen LogP contribution in [0.2, 0.25) is 0 Å². The number of hydrogen-bond acceptors (Lipinski definition) is 3. The first-order chi connectivity index (χ1) is 6.54. The Balaban J connectivity index is 2.58. The fraction of sp³-hybridized carbons (Fsp3) is 0.889. The number of primary amides is 1. The minimum atomic E-state index is -0.451. The van der Waals surface area contributed by atoms with Crippen molar-refractivity contribution in [1.29, 1.82) is 0 Å². The van der Waals surface area contributed by atoms with Gasteiger partial charge in [0, 0.05) is 25.0 Å². The summed E-state index contributed by atoms with van der Waals surface area (Å²) in [6.45, 7) is 2.94. The Bertz CT molecular complexity index is 210. The molecule has 1 saturated heterocycles. The monoisotopic (exact) mass is 201 g/mol. The number of carbonyl (C=O) groups is 1. The van der Waals surface area contributed by atoms with E-state index < -0.39 is 6.03 Å². The lowest BCUT2D eigenvalue weighted by molar-refractivity contribution is 0.0541. The average Bonchev–Trinajstić information content (AvgIpc) is 2.15. The summed E-state index contributed by atoms with van der Waals surface area (Å²) in [6, 6.07) is -0.518. The van der Waals surface area contributed by atoms with Crippen LogP contribution in [0.15, 0.2) is 0 Å². The minimum absolute atomic E-state index is 0.0660. The molecule has 1 heterocycles. The third kappa shape index (κ3) is 2.59. The van der Waals surface area contributed by atoms with Crippen LogP contribution in [-0.4, -0.2) is 41.3 Å². The van der Waals surface area contributed by atoms with Crippen molar-refractivity contribution in [2.24, 2.45) is 17.4 Å². The van der Waals surface area contributed by atoms with Gasteiger partial charge in [-0.1, -0.05) is 6.92 Å². The number of nitrogens with two attached hydrogens (primary N) is 2. The highest BCUT2D eigenvalue weighted by Crippen LogP contribution is 2.20. The normalized spacial score (nSPS) is 30.1. The average molecular weight is 201 g/mol. The van der Waals surface area contributed by atoms with Crippen LogP contribution < -0.4 is 11.5 Å². The van der Waals surface area contributed by atoms with Crippen LogP contribution in [0, 0.1) is 5.92 Å². The maximum Gasteiger partial charge on any atom is 0.314 e. The van der Waals surface area contributed by atoms with E-state index in [1.807, 2.05) is 6.92 Å². The molecule has 14 heavy (non-hydrogen) atoms. The van der Waals surface area contributed by atoms with Gasteiger partial charge in [-0.15, -0.1) is 0 Å². The second kappa shape index (κ2) is 4.61. The van der Waals surface area contributed by atoms with Gasteiger partial charge in [-0.2, -0.15) is 0 Å².